The molecule has 1 aromatic heterocycles. The fourth-order valence-corrected chi connectivity index (χ4v) is 4.42. The van der Waals surface area contributed by atoms with Crippen molar-refractivity contribution in [2.75, 3.05) is 0 Å². The van der Waals surface area contributed by atoms with E-state index in [1.54, 1.807) is 0 Å². The van der Waals surface area contributed by atoms with E-state index in [0.717, 1.165) is 12.8 Å². The summed E-state index contributed by atoms with van der Waals surface area (Å²) in [6.07, 6.45) is 9.37. The topological polar surface area (TPSA) is 3.88 Å². The van der Waals surface area contributed by atoms with Crippen LogP contribution < -0.4 is 4.57 Å². The van der Waals surface area contributed by atoms with E-state index >= 15 is 0 Å². The van der Waals surface area contributed by atoms with E-state index in [-0.39, 0.29) is 11.0 Å². The van der Waals surface area contributed by atoms with Crippen LogP contribution in [0.5, 0.6) is 0 Å². The molecule has 1 nitrogen and oxygen atoms in total. The highest BCUT2D eigenvalue weighted by atomic mass is 15.1. The van der Waals surface area contributed by atoms with Gasteiger partial charge in [-0.3, -0.25) is 0 Å². The lowest BCUT2D eigenvalue weighted by molar-refractivity contribution is -0.759. The molecule has 0 saturated heterocycles. The zero-order chi connectivity index (χ0) is 13.8. The highest BCUT2D eigenvalue weighted by Crippen LogP contribution is 2.56. The van der Waals surface area contributed by atoms with Crippen molar-refractivity contribution in [3.63, 3.8) is 0 Å². The number of aromatic nitrogens is 1. The van der Waals surface area contributed by atoms with Gasteiger partial charge in [-0.05, 0) is 30.2 Å². The molecule has 2 heterocycles. The largest absolute Gasteiger partial charge is 0.213 e. The maximum atomic E-state index is 2.50. The molecule has 0 bridgehead atoms. The second-order valence-electron chi connectivity index (χ2n) is 5.94. The maximum absolute atomic E-state index is 2.50. The third-order valence-electron chi connectivity index (χ3n) is 5.49. The molecule has 2 atom stereocenters. The molecule has 1 aromatic carbocycles. The van der Waals surface area contributed by atoms with E-state index < -0.39 is 0 Å². The van der Waals surface area contributed by atoms with E-state index in [4.69, 9.17) is 0 Å². The Kier molecular flexibility index (Phi) is 2.27. The smallest absolute Gasteiger partial charge is 0.188 e. The summed E-state index contributed by atoms with van der Waals surface area (Å²) in [4.78, 5) is 0. The second kappa shape index (κ2) is 3.82. The van der Waals surface area contributed by atoms with Crippen LogP contribution in [0.1, 0.15) is 32.3 Å². The van der Waals surface area contributed by atoms with Gasteiger partial charge in [-0.2, -0.15) is 4.57 Å². The standard InChI is InChI=1S/C19H20N/c1-3-18-12-13-19(18,4-2)20-14-8-7-11-17(20)15-9-5-6-10-16(15)18/h5-14H,3-4H2,1-2H3/q+1. The maximum Gasteiger partial charge on any atom is 0.213 e. The van der Waals surface area contributed by atoms with Crippen molar-refractivity contribution in [2.45, 2.75) is 37.6 Å². The summed E-state index contributed by atoms with van der Waals surface area (Å²) in [5.41, 5.74) is 4.52. The van der Waals surface area contributed by atoms with Crippen molar-refractivity contribution < 1.29 is 4.57 Å². The fraction of sp³-hybridized carbons (Fsp3) is 0.316. The summed E-state index contributed by atoms with van der Waals surface area (Å²) >= 11 is 0. The Balaban J connectivity index is 2.14. The summed E-state index contributed by atoms with van der Waals surface area (Å²) in [6, 6.07) is 15.5. The Morgan fingerprint density at radius 3 is 2.40 bits per heavy atom. The number of nitrogens with zero attached hydrogens (tertiary/aromatic N) is 1. The first-order valence-electron chi connectivity index (χ1n) is 7.60. The van der Waals surface area contributed by atoms with Crippen LogP contribution in [0.2, 0.25) is 0 Å². The van der Waals surface area contributed by atoms with Crippen LogP contribution in [0, 0.1) is 0 Å². The van der Waals surface area contributed by atoms with Crippen LogP contribution in [0.25, 0.3) is 11.3 Å². The minimum atomic E-state index is 0.118. The van der Waals surface area contributed by atoms with Gasteiger partial charge in [-0.1, -0.05) is 38.1 Å². The summed E-state index contributed by atoms with van der Waals surface area (Å²) in [7, 11) is 0. The molecule has 0 fully saturated rings. The molecule has 0 N–H and O–H groups in total. The molecule has 2 aromatic rings. The van der Waals surface area contributed by atoms with Gasteiger partial charge in [0.15, 0.2) is 11.7 Å². The van der Waals surface area contributed by atoms with Crippen molar-refractivity contribution in [1.82, 2.24) is 0 Å². The average molecular weight is 262 g/mol. The Morgan fingerprint density at radius 2 is 1.70 bits per heavy atom. The molecule has 1 aliphatic heterocycles. The van der Waals surface area contributed by atoms with Crippen molar-refractivity contribution in [3.8, 4) is 11.3 Å². The number of hydrogen-bond donors (Lipinski definition) is 0. The normalized spacial score (nSPS) is 29.1. The van der Waals surface area contributed by atoms with Crippen molar-refractivity contribution in [2.24, 2.45) is 0 Å². The molecule has 100 valence electrons. The van der Waals surface area contributed by atoms with E-state index in [0.29, 0.717) is 0 Å². The van der Waals surface area contributed by atoms with Gasteiger partial charge in [-0.15, -0.1) is 0 Å². The number of fused-ring (bicyclic) bond motifs is 6. The number of pyridine rings is 1. The lowest BCUT2D eigenvalue weighted by Gasteiger charge is -2.52. The Morgan fingerprint density at radius 1 is 0.900 bits per heavy atom. The monoisotopic (exact) mass is 262 g/mol. The second-order valence-corrected chi connectivity index (χ2v) is 5.94. The van der Waals surface area contributed by atoms with Gasteiger partial charge in [0.05, 0.1) is 11.0 Å². The van der Waals surface area contributed by atoms with Crippen LogP contribution >= 0.6 is 0 Å². The zero-order valence-electron chi connectivity index (χ0n) is 12.1. The van der Waals surface area contributed by atoms with Crippen LogP contribution in [0.15, 0.2) is 60.8 Å². The number of benzene rings is 1. The molecular weight excluding hydrogens is 242 g/mol. The predicted molar refractivity (Wildman–Crippen MR) is 81.4 cm³/mol. The van der Waals surface area contributed by atoms with Gasteiger partial charge in [0.1, 0.15) is 0 Å². The molecule has 0 amide bonds. The van der Waals surface area contributed by atoms with E-state index in [1.165, 1.54) is 16.8 Å². The van der Waals surface area contributed by atoms with Gasteiger partial charge in [-0.25, -0.2) is 0 Å². The zero-order valence-corrected chi connectivity index (χ0v) is 12.1. The van der Waals surface area contributed by atoms with Crippen LogP contribution in [0.3, 0.4) is 0 Å². The van der Waals surface area contributed by atoms with Gasteiger partial charge in [0.2, 0.25) is 5.69 Å². The first-order valence-corrected chi connectivity index (χ1v) is 7.60. The number of rotatable bonds is 2. The first-order chi connectivity index (χ1) is 9.79. The Bertz CT molecular complexity index is 654. The highest BCUT2D eigenvalue weighted by Gasteiger charge is 2.64. The molecule has 0 spiro atoms. The molecule has 2 aliphatic rings. The van der Waals surface area contributed by atoms with E-state index in [9.17, 15) is 0 Å². The van der Waals surface area contributed by atoms with E-state index in [1.807, 2.05) is 0 Å². The van der Waals surface area contributed by atoms with Crippen LogP contribution in [-0.4, -0.2) is 0 Å². The SMILES string of the molecule is CCC12C=CC1(CC)[n+]1ccccc1-c1ccccc12. The lowest BCUT2D eigenvalue weighted by Crippen LogP contribution is -2.72. The van der Waals surface area contributed by atoms with Crippen molar-refractivity contribution >= 4 is 0 Å². The Hall–Kier alpha value is -1.89. The molecule has 4 rings (SSSR count). The van der Waals surface area contributed by atoms with E-state index in [2.05, 4.69) is 79.2 Å². The number of hydrogen-bond acceptors (Lipinski definition) is 0. The first kappa shape index (κ1) is 11.9. The lowest BCUT2D eigenvalue weighted by atomic mass is 9.52. The van der Waals surface area contributed by atoms with Crippen molar-refractivity contribution in [3.05, 3.63) is 66.4 Å². The third-order valence-corrected chi connectivity index (χ3v) is 5.49. The summed E-state index contributed by atoms with van der Waals surface area (Å²) in [5, 5.41) is 0. The van der Waals surface area contributed by atoms with Gasteiger partial charge in [0, 0.05) is 18.6 Å². The molecule has 1 heteroatoms. The highest BCUT2D eigenvalue weighted by molar-refractivity contribution is 5.68. The molecule has 0 saturated carbocycles. The van der Waals surface area contributed by atoms with Gasteiger partial charge in [0.25, 0.3) is 0 Å². The molecule has 0 radical (unpaired) electrons. The fourth-order valence-electron chi connectivity index (χ4n) is 4.42. The summed E-state index contributed by atoms with van der Waals surface area (Å²) < 4.78 is 2.50. The Labute approximate surface area is 120 Å². The minimum absolute atomic E-state index is 0.118. The predicted octanol–water partition coefficient (Wildman–Crippen LogP) is 3.98. The minimum Gasteiger partial charge on any atom is -0.188 e. The molecular formula is C19H20N+. The molecule has 20 heavy (non-hydrogen) atoms. The van der Waals surface area contributed by atoms with Gasteiger partial charge >= 0.3 is 0 Å². The summed E-state index contributed by atoms with van der Waals surface area (Å²) in [5.74, 6) is 0. The van der Waals surface area contributed by atoms with Crippen LogP contribution in [-0.2, 0) is 11.0 Å². The van der Waals surface area contributed by atoms with Crippen LogP contribution in [0.4, 0.5) is 0 Å². The van der Waals surface area contributed by atoms with Gasteiger partial charge < -0.3 is 0 Å². The molecule has 1 aliphatic carbocycles. The third kappa shape index (κ3) is 1.09. The number of allylic oxidation sites excluding steroid dienone is 2. The quantitative estimate of drug-likeness (QED) is 0.569. The van der Waals surface area contributed by atoms with Crippen molar-refractivity contribution in [1.29, 1.82) is 0 Å². The summed E-state index contributed by atoms with van der Waals surface area (Å²) in [6.45, 7) is 4.63. The molecule has 2 unspecified atom stereocenters. The average Bonchev–Trinajstić information content (AvgIpc) is 2.49.